The van der Waals surface area contributed by atoms with Gasteiger partial charge in [-0.2, -0.15) is 0 Å². The second-order valence-electron chi connectivity index (χ2n) is 6.84. The molecule has 122 valence electrons. The molecule has 1 saturated carbocycles. The summed E-state index contributed by atoms with van der Waals surface area (Å²) in [6.07, 6.45) is 2.70. The fraction of sp³-hybridized carbons (Fsp3) is 0.500. The van der Waals surface area contributed by atoms with Crippen molar-refractivity contribution < 1.29 is 4.79 Å². The Labute approximate surface area is 137 Å². The maximum Gasteiger partial charge on any atom is 0.227 e. The molecular weight excluding hydrogens is 288 g/mol. The smallest absolute Gasteiger partial charge is 0.227 e. The molecule has 2 aromatic rings. The van der Waals surface area contributed by atoms with Crippen molar-refractivity contribution >= 4 is 5.91 Å². The largest absolute Gasteiger partial charge is 0.355 e. The zero-order valence-corrected chi connectivity index (χ0v) is 14.0. The Morgan fingerprint density at radius 1 is 1.26 bits per heavy atom. The second-order valence-corrected chi connectivity index (χ2v) is 6.84. The minimum atomic E-state index is 0.0204. The quantitative estimate of drug-likeness (QED) is 0.892. The Kier molecular flexibility index (Phi) is 4.20. The first-order valence-corrected chi connectivity index (χ1v) is 8.22. The van der Waals surface area contributed by atoms with Gasteiger partial charge in [0.1, 0.15) is 5.82 Å². The lowest BCUT2D eigenvalue weighted by atomic mass is 9.92. The molecular formula is C18H24N4O. The third-order valence-electron chi connectivity index (χ3n) is 5.07. The number of nitrogens with zero attached hydrogens (tertiary/aromatic N) is 3. The second kappa shape index (κ2) is 6.14. The van der Waals surface area contributed by atoms with Gasteiger partial charge in [0, 0.05) is 19.2 Å². The summed E-state index contributed by atoms with van der Waals surface area (Å²) >= 11 is 0. The van der Waals surface area contributed by atoms with E-state index in [0.717, 1.165) is 17.9 Å². The molecule has 5 nitrogen and oxygen atoms in total. The van der Waals surface area contributed by atoms with E-state index in [1.54, 1.807) is 0 Å². The third-order valence-corrected chi connectivity index (χ3v) is 5.07. The maximum absolute atomic E-state index is 12.2. The highest BCUT2D eigenvalue weighted by molar-refractivity contribution is 5.78. The zero-order chi connectivity index (χ0) is 16.4. The summed E-state index contributed by atoms with van der Waals surface area (Å²) in [5.74, 6) is 2.11. The molecule has 1 heterocycles. The predicted molar refractivity (Wildman–Crippen MR) is 89.7 cm³/mol. The average Bonchev–Trinajstić information content (AvgIpc) is 3.27. The highest BCUT2D eigenvalue weighted by Gasteiger charge is 2.45. The summed E-state index contributed by atoms with van der Waals surface area (Å²) in [5, 5.41) is 11.5. The van der Waals surface area contributed by atoms with Crippen LogP contribution in [0.4, 0.5) is 0 Å². The first-order valence-electron chi connectivity index (χ1n) is 8.22. The topological polar surface area (TPSA) is 59.8 Å². The molecule has 1 amide bonds. The molecule has 1 aromatic heterocycles. The number of hydrogen-bond acceptors (Lipinski definition) is 3. The minimum absolute atomic E-state index is 0.0204. The fourth-order valence-electron chi connectivity index (χ4n) is 2.95. The molecule has 0 aliphatic heterocycles. The number of hydrogen-bond donors (Lipinski definition) is 1. The number of carbonyl (C=O) groups excluding carboxylic acids is 1. The summed E-state index contributed by atoms with van der Waals surface area (Å²) in [5.41, 5.74) is 1.33. The van der Waals surface area contributed by atoms with Gasteiger partial charge in [0.2, 0.25) is 5.91 Å². The number of aromatic nitrogens is 3. The van der Waals surface area contributed by atoms with Crippen LogP contribution in [0.3, 0.4) is 0 Å². The van der Waals surface area contributed by atoms with Crippen molar-refractivity contribution in [3.8, 4) is 11.4 Å². The van der Waals surface area contributed by atoms with Crippen LogP contribution in [0.5, 0.6) is 0 Å². The molecule has 1 aliphatic rings. The van der Waals surface area contributed by atoms with Gasteiger partial charge in [-0.1, -0.05) is 44.2 Å². The lowest BCUT2D eigenvalue weighted by Gasteiger charge is -2.19. The van der Waals surface area contributed by atoms with E-state index in [1.807, 2.05) is 41.9 Å². The molecule has 1 aromatic carbocycles. The van der Waals surface area contributed by atoms with Gasteiger partial charge in [-0.15, -0.1) is 10.2 Å². The van der Waals surface area contributed by atoms with E-state index in [9.17, 15) is 4.79 Å². The summed E-state index contributed by atoms with van der Waals surface area (Å²) in [6.45, 7) is 5.23. The van der Waals surface area contributed by atoms with Crippen molar-refractivity contribution in [1.82, 2.24) is 20.1 Å². The van der Waals surface area contributed by atoms with Gasteiger partial charge in [0.05, 0.1) is 6.42 Å². The van der Waals surface area contributed by atoms with Crippen LogP contribution in [-0.2, 0) is 18.3 Å². The molecule has 0 unspecified atom stereocenters. The van der Waals surface area contributed by atoms with E-state index in [0.29, 0.717) is 17.2 Å². The molecule has 0 radical (unpaired) electrons. The standard InChI is InChI=1S/C18H24N4O/c1-13(2)18(9-10-18)12-19-16(23)11-15-20-21-17(22(15)3)14-7-5-4-6-8-14/h4-8,13H,9-12H2,1-3H3,(H,19,23). The Morgan fingerprint density at radius 2 is 1.96 bits per heavy atom. The molecule has 0 saturated heterocycles. The highest BCUT2D eigenvalue weighted by atomic mass is 16.1. The highest BCUT2D eigenvalue weighted by Crippen LogP contribution is 2.51. The van der Waals surface area contributed by atoms with Crippen molar-refractivity contribution in [2.24, 2.45) is 18.4 Å². The van der Waals surface area contributed by atoms with Crippen LogP contribution in [0.25, 0.3) is 11.4 Å². The van der Waals surface area contributed by atoms with Crippen LogP contribution in [-0.4, -0.2) is 27.2 Å². The summed E-state index contributed by atoms with van der Waals surface area (Å²) in [4.78, 5) is 12.2. The monoisotopic (exact) mass is 312 g/mol. The normalized spacial score (nSPS) is 15.7. The van der Waals surface area contributed by atoms with Crippen LogP contribution < -0.4 is 5.32 Å². The van der Waals surface area contributed by atoms with Crippen LogP contribution in [0.1, 0.15) is 32.5 Å². The van der Waals surface area contributed by atoms with Crippen molar-refractivity contribution in [3.63, 3.8) is 0 Å². The van der Waals surface area contributed by atoms with Gasteiger partial charge in [-0.05, 0) is 24.2 Å². The third kappa shape index (κ3) is 3.28. The van der Waals surface area contributed by atoms with Crippen molar-refractivity contribution in [2.45, 2.75) is 33.1 Å². The van der Waals surface area contributed by atoms with Crippen molar-refractivity contribution in [1.29, 1.82) is 0 Å². The first kappa shape index (κ1) is 15.7. The van der Waals surface area contributed by atoms with Gasteiger partial charge in [-0.3, -0.25) is 4.79 Å². The van der Waals surface area contributed by atoms with E-state index in [1.165, 1.54) is 12.8 Å². The van der Waals surface area contributed by atoms with E-state index in [-0.39, 0.29) is 12.3 Å². The summed E-state index contributed by atoms with van der Waals surface area (Å²) in [6, 6.07) is 9.89. The lowest BCUT2D eigenvalue weighted by molar-refractivity contribution is -0.120. The molecule has 3 rings (SSSR count). The van der Waals surface area contributed by atoms with Gasteiger partial charge in [0.25, 0.3) is 0 Å². The van der Waals surface area contributed by atoms with Gasteiger partial charge in [0.15, 0.2) is 5.82 Å². The van der Waals surface area contributed by atoms with E-state index < -0.39 is 0 Å². The fourth-order valence-corrected chi connectivity index (χ4v) is 2.95. The predicted octanol–water partition coefficient (Wildman–Crippen LogP) is 2.58. The Morgan fingerprint density at radius 3 is 2.57 bits per heavy atom. The van der Waals surface area contributed by atoms with Crippen LogP contribution in [0.2, 0.25) is 0 Å². The molecule has 23 heavy (non-hydrogen) atoms. The Balaban J connectivity index is 1.62. The van der Waals surface area contributed by atoms with Gasteiger partial charge >= 0.3 is 0 Å². The maximum atomic E-state index is 12.2. The van der Waals surface area contributed by atoms with E-state index >= 15 is 0 Å². The number of rotatable bonds is 6. The Bertz CT molecular complexity index is 686. The minimum Gasteiger partial charge on any atom is -0.355 e. The zero-order valence-electron chi connectivity index (χ0n) is 14.0. The first-order chi connectivity index (χ1) is 11.0. The Hall–Kier alpha value is -2.17. The lowest BCUT2D eigenvalue weighted by Crippen LogP contribution is -2.34. The van der Waals surface area contributed by atoms with E-state index in [4.69, 9.17) is 0 Å². The SMILES string of the molecule is CC(C)C1(CNC(=O)Cc2nnc(-c3ccccc3)n2C)CC1. The number of benzene rings is 1. The van der Waals surface area contributed by atoms with Crippen LogP contribution in [0.15, 0.2) is 30.3 Å². The van der Waals surface area contributed by atoms with E-state index in [2.05, 4.69) is 29.4 Å². The summed E-state index contributed by atoms with van der Waals surface area (Å²) in [7, 11) is 1.90. The molecule has 0 bridgehead atoms. The number of amides is 1. The summed E-state index contributed by atoms with van der Waals surface area (Å²) < 4.78 is 1.89. The van der Waals surface area contributed by atoms with Crippen molar-refractivity contribution in [2.75, 3.05) is 6.54 Å². The number of nitrogens with one attached hydrogen (secondary N) is 1. The molecule has 1 N–H and O–H groups in total. The van der Waals surface area contributed by atoms with Gasteiger partial charge < -0.3 is 9.88 Å². The number of carbonyl (C=O) groups is 1. The van der Waals surface area contributed by atoms with Crippen LogP contribution >= 0.6 is 0 Å². The van der Waals surface area contributed by atoms with Crippen LogP contribution in [0, 0.1) is 11.3 Å². The molecule has 0 spiro atoms. The van der Waals surface area contributed by atoms with Gasteiger partial charge in [-0.25, -0.2) is 0 Å². The molecule has 1 fully saturated rings. The molecule has 5 heteroatoms. The van der Waals surface area contributed by atoms with Crippen molar-refractivity contribution in [3.05, 3.63) is 36.2 Å². The average molecular weight is 312 g/mol. The molecule has 0 atom stereocenters. The molecule has 1 aliphatic carbocycles.